The van der Waals surface area contributed by atoms with Gasteiger partial charge in [0.15, 0.2) is 8.07 Å². The van der Waals surface area contributed by atoms with Gasteiger partial charge in [-0.25, -0.2) is 0 Å². The van der Waals surface area contributed by atoms with Crippen molar-refractivity contribution in [3.63, 3.8) is 0 Å². The lowest BCUT2D eigenvalue weighted by Gasteiger charge is -2.35. The van der Waals surface area contributed by atoms with Crippen LogP contribution in [-0.4, -0.2) is 21.8 Å². The topological polar surface area (TPSA) is 14.8 Å². The molecule has 3 nitrogen and oxygen atoms in total. The smallest absolute Gasteiger partial charge is 0.181 e. The van der Waals surface area contributed by atoms with Gasteiger partial charge in [0.2, 0.25) is 0 Å². The molecule has 0 unspecified atom stereocenters. The molecule has 11 aromatic carbocycles. The molecule has 0 bridgehead atoms. The van der Waals surface area contributed by atoms with Gasteiger partial charge in [-0.3, -0.25) is 0 Å². The van der Waals surface area contributed by atoms with Crippen LogP contribution >= 0.6 is 0 Å². The first-order chi connectivity index (χ1) is 34.8. The summed E-state index contributed by atoms with van der Waals surface area (Å²) >= 11 is 0. The number of rotatable bonds is 8. The fraction of sp³-hybridized carbons (Fsp3) is 0. The van der Waals surface area contributed by atoms with Crippen molar-refractivity contribution >= 4 is 94.2 Å². The highest BCUT2D eigenvalue weighted by atomic mass is 28.3. The lowest BCUT2D eigenvalue weighted by molar-refractivity contribution is 1.15. The van der Waals surface area contributed by atoms with Crippen molar-refractivity contribution in [3.8, 4) is 28.2 Å². The maximum Gasteiger partial charge on any atom is 0.181 e. The van der Waals surface area contributed by atoms with Gasteiger partial charge in [0.25, 0.3) is 0 Å². The molecule has 14 aromatic rings. The lowest BCUT2D eigenvalue weighted by atomic mass is 10.1. The van der Waals surface area contributed by atoms with Crippen molar-refractivity contribution < 1.29 is 0 Å². The van der Waals surface area contributed by atoms with Gasteiger partial charge in [-0.05, 0) is 86.5 Å². The molecule has 70 heavy (non-hydrogen) atoms. The first kappa shape index (κ1) is 40.1. The minimum Gasteiger partial charge on any atom is -0.309 e. The van der Waals surface area contributed by atoms with E-state index in [4.69, 9.17) is 0 Å². The van der Waals surface area contributed by atoms with Crippen molar-refractivity contribution in [2.75, 3.05) is 0 Å². The SMILES string of the molecule is c1ccc(-c2cccc(-n3c4ccccc4c4ccc(-n5c6ccccc6c6c(-n7c8ccccc8c8ccccc87)ccc([Si](c7ccccc7)(c7ccccc7)c7ccccc7)c65)cc43)c2)cc1. The van der Waals surface area contributed by atoms with Gasteiger partial charge in [0.1, 0.15) is 0 Å². The summed E-state index contributed by atoms with van der Waals surface area (Å²) in [5.41, 5.74) is 12.9. The van der Waals surface area contributed by atoms with Gasteiger partial charge in [-0.15, -0.1) is 0 Å². The van der Waals surface area contributed by atoms with Crippen LogP contribution in [0.25, 0.3) is 93.6 Å². The molecule has 328 valence electrons. The fourth-order valence-electron chi connectivity index (χ4n) is 11.9. The van der Waals surface area contributed by atoms with Crippen LogP contribution in [0.15, 0.2) is 273 Å². The zero-order valence-corrected chi connectivity index (χ0v) is 39.3. The Morgan fingerprint density at radius 2 is 0.686 bits per heavy atom. The minimum atomic E-state index is -3.12. The number of para-hydroxylation sites is 4. The molecule has 0 N–H and O–H groups in total. The Labute approximate surface area is 407 Å². The Hall–Kier alpha value is -8.96. The summed E-state index contributed by atoms with van der Waals surface area (Å²) in [5.74, 6) is 0. The third-order valence-corrected chi connectivity index (χ3v) is 19.6. The molecule has 0 amide bonds. The summed E-state index contributed by atoms with van der Waals surface area (Å²) in [4.78, 5) is 0. The quantitative estimate of drug-likeness (QED) is 0.107. The van der Waals surface area contributed by atoms with E-state index < -0.39 is 8.07 Å². The average molecular weight is 908 g/mol. The summed E-state index contributed by atoms with van der Waals surface area (Å²) in [7, 11) is -3.12. The summed E-state index contributed by atoms with van der Waals surface area (Å²) in [6, 6.07) is 102. The van der Waals surface area contributed by atoms with Crippen molar-refractivity contribution in [2.45, 2.75) is 0 Å². The van der Waals surface area contributed by atoms with E-state index in [0.717, 1.165) is 28.1 Å². The molecule has 0 saturated carbocycles. The number of hydrogen-bond donors (Lipinski definition) is 0. The highest BCUT2D eigenvalue weighted by Gasteiger charge is 2.44. The highest BCUT2D eigenvalue weighted by molar-refractivity contribution is 7.20. The molecule has 0 aliphatic carbocycles. The van der Waals surface area contributed by atoms with Crippen LogP contribution < -0.4 is 20.7 Å². The minimum absolute atomic E-state index is 1.11. The van der Waals surface area contributed by atoms with Gasteiger partial charge < -0.3 is 13.7 Å². The normalized spacial score (nSPS) is 12.0. The van der Waals surface area contributed by atoms with Crippen LogP contribution in [0, 0.1) is 0 Å². The number of hydrogen-bond acceptors (Lipinski definition) is 0. The summed E-state index contributed by atoms with van der Waals surface area (Å²) in [6.07, 6.45) is 0. The average Bonchev–Trinajstić information content (AvgIpc) is 4.09. The van der Waals surface area contributed by atoms with E-state index in [1.807, 2.05) is 0 Å². The third kappa shape index (κ3) is 5.94. The van der Waals surface area contributed by atoms with Crippen LogP contribution in [0.2, 0.25) is 0 Å². The van der Waals surface area contributed by atoms with Crippen LogP contribution in [-0.2, 0) is 0 Å². The molecule has 14 rings (SSSR count). The molecular formula is C66H45N3Si. The van der Waals surface area contributed by atoms with Crippen molar-refractivity contribution in [2.24, 2.45) is 0 Å². The second-order valence-corrected chi connectivity index (χ2v) is 22.2. The van der Waals surface area contributed by atoms with E-state index in [2.05, 4.69) is 287 Å². The van der Waals surface area contributed by atoms with E-state index >= 15 is 0 Å². The second kappa shape index (κ2) is 16.1. The van der Waals surface area contributed by atoms with E-state index in [1.165, 1.54) is 86.3 Å². The summed E-state index contributed by atoms with van der Waals surface area (Å²) in [5, 5.41) is 12.7. The Bertz CT molecular complexity index is 4130. The van der Waals surface area contributed by atoms with E-state index in [-0.39, 0.29) is 0 Å². The number of fused-ring (bicyclic) bond motifs is 9. The highest BCUT2D eigenvalue weighted by Crippen LogP contribution is 2.42. The third-order valence-electron chi connectivity index (χ3n) is 14.8. The standard InChI is InChI=1S/C66H45N3Si/c1-5-22-46(23-6-1)47-24-21-25-48(44-47)67-58-36-17-13-34-55(58)56-41-40-49(45-63(56)67)68-61-39-20-16-35-57(61)65-62(69-59-37-18-14-32-53(59)54-33-15-19-38-60(54)69)42-43-64(66(65)68)70(50-26-7-2-8-27-50,51-28-9-3-10-29-51)52-30-11-4-12-31-52/h1-45H. The molecular weight excluding hydrogens is 863 g/mol. The predicted molar refractivity (Wildman–Crippen MR) is 299 cm³/mol. The summed E-state index contributed by atoms with van der Waals surface area (Å²) < 4.78 is 7.59. The number of nitrogens with zero attached hydrogens (tertiary/aromatic N) is 3. The Morgan fingerprint density at radius 3 is 1.24 bits per heavy atom. The van der Waals surface area contributed by atoms with Gasteiger partial charge in [0, 0.05) is 43.7 Å². The molecule has 4 heteroatoms. The molecule has 0 spiro atoms. The maximum atomic E-state index is 2.61. The molecule has 0 saturated heterocycles. The van der Waals surface area contributed by atoms with Gasteiger partial charge in [0.05, 0.1) is 38.8 Å². The Balaban J connectivity index is 1.17. The molecule has 0 radical (unpaired) electrons. The first-order valence-corrected chi connectivity index (χ1v) is 26.2. The lowest BCUT2D eigenvalue weighted by Crippen LogP contribution is -2.75. The predicted octanol–water partition coefficient (Wildman–Crippen LogP) is 14.0. The molecule has 3 heterocycles. The van der Waals surface area contributed by atoms with Crippen LogP contribution in [0.5, 0.6) is 0 Å². The van der Waals surface area contributed by atoms with Crippen LogP contribution in [0.3, 0.4) is 0 Å². The maximum absolute atomic E-state index is 3.12. The first-order valence-electron chi connectivity index (χ1n) is 24.2. The Kier molecular flexibility index (Phi) is 9.23. The number of aromatic nitrogens is 3. The van der Waals surface area contributed by atoms with E-state index in [9.17, 15) is 0 Å². The Morgan fingerprint density at radius 1 is 0.257 bits per heavy atom. The molecule has 0 atom stereocenters. The second-order valence-electron chi connectivity index (χ2n) is 18.4. The molecule has 0 aliphatic heterocycles. The summed E-state index contributed by atoms with van der Waals surface area (Å²) in [6.45, 7) is 0. The van der Waals surface area contributed by atoms with Crippen LogP contribution in [0.4, 0.5) is 0 Å². The monoisotopic (exact) mass is 907 g/mol. The molecule has 3 aromatic heterocycles. The van der Waals surface area contributed by atoms with Crippen molar-refractivity contribution in [1.82, 2.24) is 13.7 Å². The number of benzene rings is 11. The van der Waals surface area contributed by atoms with Gasteiger partial charge in [-0.1, -0.05) is 218 Å². The van der Waals surface area contributed by atoms with Gasteiger partial charge in [-0.2, -0.15) is 0 Å². The zero-order valence-electron chi connectivity index (χ0n) is 38.3. The van der Waals surface area contributed by atoms with Crippen molar-refractivity contribution in [1.29, 1.82) is 0 Å². The fourth-order valence-corrected chi connectivity index (χ4v) is 16.8. The van der Waals surface area contributed by atoms with Crippen LogP contribution in [0.1, 0.15) is 0 Å². The zero-order chi connectivity index (χ0) is 46.2. The van der Waals surface area contributed by atoms with E-state index in [1.54, 1.807) is 0 Å². The molecule has 0 fully saturated rings. The molecule has 0 aliphatic rings. The largest absolute Gasteiger partial charge is 0.309 e. The van der Waals surface area contributed by atoms with Crippen molar-refractivity contribution in [3.05, 3.63) is 273 Å². The van der Waals surface area contributed by atoms with Gasteiger partial charge >= 0.3 is 0 Å². The van der Waals surface area contributed by atoms with E-state index in [0.29, 0.717) is 0 Å².